The number of nitrogens with one attached hydrogen (secondary N) is 1. The molecule has 0 aliphatic carbocycles. The van der Waals surface area contributed by atoms with Gasteiger partial charge in [-0.1, -0.05) is 17.4 Å². The van der Waals surface area contributed by atoms with Crippen molar-refractivity contribution >= 4 is 28.5 Å². The first-order valence-electron chi connectivity index (χ1n) is 10.8. The topological polar surface area (TPSA) is 136 Å². The zero-order valence-electron chi connectivity index (χ0n) is 19.2. The van der Waals surface area contributed by atoms with Gasteiger partial charge < -0.3 is 27.4 Å². The van der Waals surface area contributed by atoms with Crippen LogP contribution >= 0.6 is 11.3 Å². The Bertz CT molecular complexity index is 1020. The number of thiazole rings is 1. The third-order valence-electron chi connectivity index (χ3n) is 5.10. The number of carbonyl (C=O) groups excluding carboxylic acids is 1. The van der Waals surface area contributed by atoms with Gasteiger partial charge in [0.1, 0.15) is 39.7 Å². The second-order valence-electron chi connectivity index (χ2n) is 7.55. The monoisotopic (exact) mass is 515 g/mol. The summed E-state index contributed by atoms with van der Waals surface area (Å²) in [5.41, 5.74) is 17.2. The molecule has 8 nitrogen and oxygen atoms in total. The third kappa shape index (κ3) is 7.92. The van der Waals surface area contributed by atoms with Crippen LogP contribution in [0.1, 0.15) is 29.8 Å². The van der Waals surface area contributed by atoms with E-state index in [1.54, 1.807) is 7.05 Å². The molecule has 0 unspecified atom stereocenters. The lowest BCUT2D eigenvalue weighted by Gasteiger charge is -2.26. The highest BCUT2D eigenvalue weighted by Crippen LogP contribution is 2.32. The lowest BCUT2D eigenvalue weighted by molar-refractivity contribution is 0.112. The first-order chi connectivity index (χ1) is 16.7. The van der Waals surface area contributed by atoms with Crippen molar-refractivity contribution in [1.82, 2.24) is 15.2 Å². The van der Waals surface area contributed by atoms with E-state index in [1.165, 1.54) is 12.3 Å². The summed E-state index contributed by atoms with van der Waals surface area (Å²) >= 11 is 0.876. The maximum Gasteiger partial charge on any atom is 0.257 e. The number of alkyl halides is 2. The van der Waals surface area contributed by atoms with Crippen molar-refractivity contribution in [1.29, 1.82) is 0 Å². The Morgan fingerprint density at radius 1 is 1.31 bits per heavy atom. The van der Waals surface area contributed by atoms with Gasteiger partial charge >= 0.3 is 0 Å². The molecule has 192 valence electrons. The normalized spacial score (nSPS) is 17.0. The Kier molecular flexibility index (Phi) is 10.9. The Labute approximate surface area is 204 Å². The number of nitrogens with zero attached hydrogens (tertiary/aromatic N) is 3. The molecule has 1 atom stereocenters. The van der Waals surface area contributed by atoms with Crippen LogP contribution < -0.4 is 22.5 Å². The third-order valence-corrected chi connectivity index (χ3v) is 6.02. The number of hydrogen-bond acceptors (Lipinski definition) is 8. The number of amidine groups is 1. The molecule has 2 heterocycles. The van der Waals surface area contributed by atoms with Crippen molar-refractivity contribution < 1.29 is 22.4 Å². The minimum absolute atomic E-state index is 0.00246. The van der Waals surface area contributed by atoms with Crippen LogP contribution in [0.4, 0.5) is 22.6 Å². The van der Waals surface area contributed by atoms with E-state index in [-0.39, 0.29) is 27.3 Å². The van der Waals surface area contributed by atoms with Crippen LogP contribution in [0.15, 0.2) is 35.1 Å². The van der Waals surface area contributed by atoms with Gasteiger partial charge in [-0.05, 0) is 31.4 Å². The second-order valence-corrected chi connectivity index (χ2v) is 8.58. The molecule has 1 aliphatic heterocycles. The first kappa shape index (κ1) is 28.1. The number of anilines is 1. The van der Waals surface area contributed by atoms with Crippen LogP contribution in [0.3, 0.4) is 0 Å². The quantitative estimate of drug-likeness (QED) is 0.201. The summed E-state index contributed by atoms with van der Waals surface area (Å²) in [6.07, 6.45) is 2.05. The number of likely N-dealkylation sites (N-methyl/N-ethyl adjacent to an activating group) is 1. The van der Waals surface area contributed by atoms with E-state index < -0.39 is 24.6 Å². The number of benzene rings is 1. The maximum atomic E-state index is 13.4. The van der Waals surface area contributed by atoms with Crippen LogP contribution in [0.5, 0.6) is 0 Å². The molecular formula is C22H29F4N7OS. The molecule has 1 aromatic heterocycles. The van der Waals surface area contributed by atoms with Gasteiger partial charge in [0.05, 0.1) is 11.3 Å². The Morgan fingerprint density at radius 3 is 2.54 bits per heavy atom. The molecule has 2 aromatic rings. The SMILES string of the molecule is CN/C(=C/N)C(=NCC(F)F)N1CCC[C@H](N)CC1.Nc1sc(-c2c(F)cccc2F)nc1C=O. The first-order valence-corrected chi connectivity index (χ1v) is 11.6. The van der Waals surface area contributed by atoms with E-state index in [0.717, 1.165) is 49.3 Å². The Hall–Kier alpha value is -3.19. The molecule has 35 heavy (non-hydrogen) atoms. The highest BCUT2D eigenvalue weighted by Gasteiger charge is 2.20. The summed E-state index contributed by atoms with van der Waals surface area (Å²) in [6.45, 7) is 0.952. The number of nitrogen functional groups attached to an aromatic ring is 1. The molecule has 0 radical (unpaired) electrons. The molecule has 1 fully saturated rings. The van der Waals surface area contributed by atoms with Gasteiger partial charge in [0, 0.05) is 32.4 Å². The van der Waals surface area contributed by atoms with E-state index >= 15 is 0 Å². The van der Waals surface area contributed by atoms with Crippen LogP contribution in [0.25, 0.3) is 10.6 Å². The van der Waals surface area contributed by atoms with Gasteiger partial charge in [0.25, 0.3) is 6.43 Å². The highest BCUT2D eigenvalue weighted by molar-refractivity contribution is 7.19. The van der Waals surface area contributed by atoms with Crippen LogP contribution in [0, 0.1) is 11.6 Å². The van der Waals surface area contributed by atoms with Crippen molar-refractivity contribution in [2.75, 3.05) is 32.4 Å². The van der Waals surface area contributed by atoms with Crippen molar-refractivity contribution in [3.8, 4) is 10.6 Å². The molecule has 13 heteroatoms. The summed E-state index contributed by atoms with van der Waals surface area (Å²) in [5, 5.41) is 3.10. The summed E-state index contributed by atoms with van der Waals surface area (Å²) in [6, 6.07) is 3.67. The van der Waals surface area contributed by atoms with Gasteiger partial charge in [-0.2, -0.15) is 0 Å². The number of carbonyl (C=O) groups is 1. The smallest absolute Gasteiger partial charge is 0.257 e. The predicted octanol–water partition coefficient (Wildman–Crippen LogP) is 2.97. The zero-order chi connectivity index (χ0) is 26.0. The molecule has 1 aromatic carbocycles. The molecule has 3 rings (SSSR count). The van der Waals surface area contributed by atoms with Crippen molar-refractivity contribution in [2.45, 2.75) is 31.7 Å². The number of hydrogen-bond donors (Lipinski definition) is 4. The molecule has 0 saturated carbocycles. The lowest BCUT2D eigenvalue weighted by atomic mass is 10.1. The van der Waals surface area contributed by atoms with Gasteiger partial charge in [-0.25, -0.2) is 22.5 Å². The standard InChI is InChI=1S/C12H23F2N5.C10H6F2N2OS/c1-17-10(7-15)12(18-8-11(13)14)19-5-2-3-9(16)4-6-19;11-5-2-1-3-6(12)8(5)10-14-7(4-15)9(13)16-10/h7,9,11,17H,2-6,8,15-16H2,1H3;1-4H,13H2/b10-7+,18-12?;/t9-;/m0./s1. The predicted molar refractivity (Wildman–Crippen MR) is 130 cm³/mol. The van der Waals surface area contributed by atoms with Gasteiger partial charge in [0.15, 0.2) is 6.29 Å². The zero-order valence-corrected chi connectivity index (χ0v) is 20.0. The fourth-order valence-corrected chi connectivity index (χ4v) is 4.20. The molecule has 0 spiro atoms. The summed E-state index contributed by atoms with van der Waals surface area (Å²) in [4.78, 5) is 20.3. The highest BCUT2D eigenvalue weighted by atomic mass is 32.1. The second kappa shape index (κ2) is 13.6. The van der Waals surface area contributed by atoms with Crippen molar-refractivity contribution in [3.05, 3.63) is 47.4 Å². The van der Waals surface area contributed by atoms with Crippen LogP contribution in [-0.2, 0) is 0 Å². The maximum absolute atomic E-state index is 13.4. The van der Waals surface area contributed by atoms with Gasteiger partial charge in [-0.15, -0.1) is 0 Å². The van der Waals surface area contributed by atoms with Crippen molar-refractivity contribution in [3.63, 3.8) is 0 Å². The lowest BCUT2D eigenvalue weighted by Crippen LogP contribution is -2.38. The number of halogens is 4. The number of aldehydes is 1. The van der Waals surface area contributed by atoms with Crippen LogP contribution in [-0.4, -0.2) is 61.2 Å². The van der Waals surface area contributed by atoms with E-state index in [4.69, 9.17) is 17.2 Å². The number of aliphatic imine (C=N–C) groups is 1. The minimum Gasteiger partial charge on any atom is -0.403 e. The van der Waals surface area contributed by atoms with Crippen molar-refractivity contribution in [2.24, 2.45) is 16.5 Å². The number of aromatic nitrogens is 1. The van der Waals surface area contributed by atoms with Gasteiger partial charge in [-0.3, -0.25) is 9.79 Å². The fraction of sp³-hybridized carbons (Fsp3) is 0.409. The fourth-order valence-electron chi connectivity index (χ4n) is 3.35. The molecule has 0 amide bonds. The Morgan fingerprint density at radius 2 is 2.00 bits per heavy atom. The minimum atomic E-state index is -2.46. The molecule has 7 N–H and O–H groups in total. The number of rotatable bonds is 6. The Balaban J connectivity index is 0.000000250. The number of likely N-dealkylation sites (tertiary alicyclic amines) is 1. The van der Waals surface area contributed by atoms with E-state index in [2.05, 4.69) is 15.3 Å². The molecule has 1 aliphatic rings. The molecular weight excluding hydrogens is 486 g/mol. The van der Waals surface area contributed by atoms with E-state index in [1.807, 2.05) is 4.90 Å². The average Bonchev–Trinajstić information content (AvgIpc) is 3.05. The average molecular weight is 516 g/mol. The van der Waals surface area contributed by atoms with E-state index in [9.17, 15) is 22.4 Å². The van der Waals surface area contributed by atoms with E-state index in [0.29, 0.717) is 24.4 Å². The van der Waals surface area contributed by atoms with Gasteiger partial charge in [0.2, 0.25) is 0 Å². The largest absolute Gasteiger partial charge is 0.403 e. The molecule has 1 saturated heterocycles. The number of nitrogens with two attached hydrogens (primary N) is 3. The molecule has 0 bridgehead atoms. The summed E-state index contributed by atoms with van der Waals surface area (Å²) < 4.78 is 51.5. The van der Waals surface area contributed by atoms with Crippen LogP contribution in [0.2, 0.25) is 0 Å². The summed E-state index contributed by atoms with van der Waals surface area (Å²) in [5.74, 6) is -0.961. The summed E-state index contributed by atoms with van der Waals surface area (Å²) in [7, 11) is 1.69.